The summed E-state index contributed by atoms with van der Waals surface area (Å²) in [6, 6.07) is 0. The molecule has 1 nitrogen and oxygen atoms in total. The molecule has 3 heteroatoms. The lowest BCUT2D eigenvalue weighted by Gasteiger charge is -2.14. The molecule has 1 heterocycles. The summed E-state index contributed by atoms with van der Waals surface area (Å²) in [5, 5.41) is 4.59. The zero-order chi connectivity index (χ0) is 10.6. The monoisotopic (exact) mass is 275 g/mol. The number of aromatic nitrogens is 1. The minimum absolute atomic E-state index is 0.199. The van der Waals surface area contributed by atoms with Crippen LogP contribution < -0.4 is 0 Å². The number of hydrogen-bond donors (Lipinski definition) is 0. The standard InChI is InChI=1S/C11H18BrNS/c1-11(2,3)9-8-14-10(13-9)6-4-5-7-12/h8H,4-7H2,1-3H3. The Bertz CT molecular complexity index is 275. The van der Waals surface area contributed by atoms with Crippen LogP contribution in [0.2, 0.25) is 0 Å². The molecule has 0 aromatic carbocycles. The lowest BCUT2D eigenvalue weighted by atomic mass is 9.93. The third-order valence-electron chi connectivity index (χ3n) is 2.09. The van der Waals surface area contributed by atoms with Gasteiger partial charge in [-0.1, -0.05) is 36.7 Å². The first kappa shape index (κ1) is 12.2. The predicted molar refractivity (Wildman–Crippen MR) is 67.5 cm³/mol. The Balaban J connectivity index is 2.51. The van der Waals surface area contributed by atoms with E-state index >= 15 is 0 Å². The molecule has 0 aliphatic carbocycles. The Morgan fingerprint density at radius 2 is 2.07 bits per heavy atom. The molecule has 0 unspecified atom stereocenters. The summed E-state index contributed by atoms with van der Waals surface area (Å²) in [4.78, 5) is 4.66. The zero-order valence-electron chi connectivity index (χ0n) is 9.14. The van der Waals surface area contributed by atoms with Gasteiger partial charge < -0.3 is 0 Å². The van der Waals surface area contributed by atoms with Crippen LogP contribution >= 0.6 is 27.3 Å². The minimum atomic E-state index is 0.199. The summed E-state index contributed by atoms with van der Waals surface area (Å²) in [5.41, 5.74) is 1.43. The van der Waals surface area contributed by atoms with Crippen LogP contribution in [0.15, 0.2) is 5.38 Å². The molecular weight excluding hydrogens is 258 g/mol. The largest absolute Gasteiger partial charge is 0.246 e. The highest BCUT2D eigenvalue weighted by molar-refractivity contribution is 9.09. The number of alkyl halides is 1. The fourth-order valence-corrected chi connectivity index (χ4v) is 2.60. The number of unbranched alkanes of at least 4 members (excludes halogenated alkanes) is 1. The van der Waals surface area contributed by atoms with Crippen LogP contribution in [0.1, 0.15) is 44.3 Å². The summed E-state index contributed by atoms with van der Waals surface area (Å²) < 4.78 is 0. The molecule has 0 radical (unpaired) electrons. The molecular formula is C11H18BrNS. The van der Waals surface area contributed by atoms with Crippen LogP contribution in [-0.2, 0) is 11.8 Å². The average molecular weight is 276 g/mol. The Morgan fingerprint density at radius 1 is 1.36 bits per heavy atom. The van der Waals surface area contributed by atoms with Crippen molar-refractivity contribution in [3.05, 3.63) is 16.1 Å². The summed E-state index contributed by atoms with van der Waals surface area (Å²) in [6.45, 7) is 6.64. The topological polar surface area (TPSA) is 12.9 Å². The van der Waals surface area contributed by atoms with E-state index in [1.165, 1.54) is 23.5 Å². The van der Waals surface area contributed by atoms with Gasteiger partial charge in [-0.15, -0.1) is 11.3 Å². The number of aryl methyl sites for hydroxylation is 1. The fourth-order valence-electron chi connectivity index (χ4n) is 1.14. The lowest BCUT2D eigenvalue weighted by Crippen LogP contribution is -2.11. The first-order valence-electron chi connectivity index (χ1n) is 5.05. The van der Waals surface area contributed by atoms with Crippen LogP contribution in [0, 0.1) is 0 Å². The van der Waals surface area contributed by atoms with Gasteiger partial charge in [-0.2, -0.15) is 0 Å². The highest BCUT2D eigenvalue weighted by Gasteiger charge is 2.16. The molecule has 0 fully saturated rings. The summed E-state index contributed by atoms with van der Waals surface area (Å²) in [7, 11) is 0. The van der Waals surface area contributed by atoms with Gasteiger partial charge in [0.25, 0.3) is 0 Å². The number of halogens is 1. The first-order chi connectivity index (χ1) is 6.54. The molecule has 14 heavy (non-hydrogen) atoms. The molecule has 1 aromatic rings. The lowest BCUT2D eigenvalue weighted by molar-refractivity contribution is 0.570. The van der Waals surface area contributed by atoms with Crippen LogP contribution in [0.3, 0.4) is 0 Å². The molecule has 0 amide bonds. The van der Waals surface area contributed by atoms with Crippen LogP contribution in [0.5, 0.6) is 0 Å². The van der Waals surface area contributed by atoms with Gasteiger partial charge in [0.15, 0.2) is 0 Å². The number of rotatable bonds is 4. The van der Waals surface area contributed by atoms with E-state index in [0.717, 1.165) is 11.8 Å². The average Bonchev–Trinajstić information content (AvgIpc) is 2.52. The molecule has 0 aliphatic rings. The van der Waals surface area contributed by atoms with Gasteiger partial charge in [0.1, 0.15) is 0 Å². The van der Waals surface area contributed by atoms with E-state index in [0.29, 0.717) is 0 Å². The van der Waals surface area contributed by atoms with Gasteiger partial charge in [0, 0.05) is 16.1 Å². The third-order valence-corrected chi connectivity index (χ3v) is 3.56. The van der Waals surface area contributed by atoms with E-state index in [-0.39, 0.29) is 5.41 Å². The smallest absolute Gasteiger partial charge is 0.0928 e. The van der Waals surface area contributed by atoms with Gasteiger partial charge in [-0.05, 0) is 19.3 Å². The Morgan fingerprint density at radius 3 is 2.57 bits per heavy atom. The van der Waals surface area contributed by atoms with Gasteiger partial charge in [0.05, 0.1) is 10.7 Å². The van der Waals surface area contributed by atoms with E-state index in [1.54, 1.807) is 11.3 Å². The van der Waals surface area contributed by atoms with Crippen LogP contribution in [0.25, 0.3) is 0 Å². The van der Waals surface area contributed by atoms with Crippen molar-refractivity contribution < 1.29 is 0 Å². The summed E-state index contributed by atoms with van der Waals surface area (Å²) in [5.74, 6) is 0. The molecule has 0 saturated carbocycles. The molecule has 0 atom stereocenters. The SMILES string of the molecule is CC(C)(C)c1csc(CCCCBr)n1. The van der Waals surface area contributed by atoms with Crippen molar-refractivity contribution in [2.45, 2.75) is 45.4 Å². The first-order valence-corrected chi connectivity index (χ1v) is 7.05. The number of thiazole rings is 1. The second-order valence-electron chi connectivity index (χ2n) is 4.52. The zero-order valence-corrected chi connectivity index (χ0v) is 11.5. The number of hydrogen-bond acceptors (Lipinski definition) is 2. The predicted octanol–water partition coefficient (Wildman–Crippen LogP) is 4.16. The summed E-state index contributed by atoms with van der Waals surface area (Å²) >= 11 is 5.24. The van der Waals surface area contributed by atoms with Crippen LogP contribution in [-0.4, -0.2) is 10.3 Å². The normalized spacial score (nSPS) is 12.0. The number of nitrogens with zero attached hydrogens (tertiary/aromatic N) is 1. The molecule has 0 N–H and O–H groups in total. The van der Waals surface area contributed by atoms with Gasteiger partial charge in [0.2, 0.25) is 0 Å². The third kappa shape index (κ3) is 3.70. The molecule has 0 bridgehead atoms. The molecule has 0 aliphatic heterocycles. The molecule has 1 aromatic heterocycles. The van der Waals surface area contributed by atoms with E-state index in [4.69, 9.17) is 0 Å². The Labute approximate surface area is 99.1 Å². The summed E-state index contributed by atoms with van der Waals surface area (Å²) in [6.07, 6.45) is 3.61. The molecule has 0 saturated heterocycles. The highest BCUT2D eigenvalue weighted by Crippen LogP contribution is 2.24. The van der Waals surface area contributed by atoms with Gasteiger partial charge in [-0.3, -0.25) is 0 Å². The van der Waals surface area contributed by atoms with Crippen molar-refractivity contribution in [2.24, 2.45) is 0 Å². The maximum atomic E-state index is 4.66. The van der Waals surface area contributed by atoms with Crippen molar-refractivity contribution in [1.82, 2.24) is 4.98 Å². The van der Waals surface area contributed by atoms with Crippen molar-refractivity contribution >= 4 is 27.3 Å². The maximum Gasteiger partial charge on any atom is 0.0928 e. The Kier molecular flexibility index (Phi) is 4.58. The second-order valence-corrected chi connectivity index (χ2v) is 6.26. The van der Waals surface area contributed by atoms with Gasteiger partial charge in [-0.25, -0.2) is 4.98 Å². The highest BCUT2D eigenvalue weighted by atomic mass is 79.9. The van der Waals surface area contributed by atoms with Crippen LogP contribution in [0.4, 0.5) is 0 Å². The fraction of sp³-hybridized carbons (Fsp3) is 0.727. The Hall–Kier alpha value is 0.110. The van der Waals surface area contributed by atoms with Crippen molar-refractivity contribution in [1.29, 1.82) is 0 Å². The van der Waals surface area contributed by atoms with Crippen molar-refractivity contribution in [3.63, 3.8) is 0 Å². The van der Waals surface area contributed by atoms with E-state index < -0.39 is 0 Å². The van der Waals surface area contributed by atoms with E-state index in [9.17, 15) is 0 Å². The quantitative estimate of drug-likeness (QED) is 0.594. The minimum Gasteiger partial charge on any atom is -0.246 e. The van der Waals surface area contributed by atoms with E-state index in [1.807, 2.05) is 0 Å². The molecule has 0 spiro atoms. The second kappa shape index (κ2) is 5.26. The van der Waals surface area contributed by atoms with Crippen molar-refractivity contribution in [2.75, 3.05) is 5.33 Å². The molecule has 1 rings (SSSR count). The van der Waals surface area contributed by atoms with Crippen molar-refractivity contribution in [3.8, 4) is 0 Å². The maximum absolute atomic E-state index is 4.66. The molecule has 80 valence electrons. The van der Waals surface area contributed by atoms with Gasteiger partial charge >= 0.3 is 0 Å². The van der Waals surface area contributed by atoms with E-state index in [2.05, 4.69) is 47.1 Å².